The maximum absolute atomic E-state index is 13.5. The largest absolute Gasteiger partial charge is 0.490 e. The summed E-state index contributed by atoms with van der Waals surface area (Å²) in [5.41, 5.74) is 4.11. The number of amides is 1. The molecule has 0 aromatic carbocycles. The fraction of sp³-hybridized carbons (Fsp3) is 0.435. The van der Waals surface area contributed by atoms with Gasteiger partial charge in [-0.15, -0.1) is 0 Å². The number of hydrogen-bond acceptors (Lipinski definition) is 4. The van der Waals surface area contributed by atoms with E-state index in [4.69, 9.17) is 21.3 Å². The van der Waals surface area contributed by atoms with Gasteiger partial charge in [-0.3, -0.25) is 4.79 Å². The van der Waals surface area contributed by atoms with Crippen LogP contribution >= 0.6 is 11.6 Å². The zero-order chi connectivity index (χ0) is 21.3. The number of likely N-dealkylation sites (tertiary alicyclic amines) is 1. The Labute approximate surface area is 181 Å². The van der Waals surface area contributed by atoms with Crippen molar-refractivity contribution >= 4 is 23.2 Å². The molecule has 1 aliphatic heterocycles. The number of carbonyl (C=O) groups is 1. The predicted molar refractivity (Wildman–Crippen MR) is 117 cm³/mol. The molecule has 1 unspecified atom stereocenters. The van der Waals surface area contributed by atoms with Gasteiger partial charge in [0, 0.05) is 37.1 Å². The fourth-order valence-corrected chi connectivity index (χ4v) is 4.51. The molecule has 0 saturated carbocycles. The van der Waals surface area contributed by atoms with Crippen molar-refractivity contribution in [1.82, 2.24) is 19.3 Å². The average Bonchev–Trinajstić information content (AvgIpc) is 3.14. The molecule has 1 amide bonds. The quantitative estimate of drug-likeness (QED) is 0.596. The van der Waals surface area contributed by atoms with Gasteiger partial charge in [-0.05, 0) is 57.7 Å². The first-order chi connectivity index (χ1) is 14.5. The van der Waals surface area contributed by atoms with Crippen molar-refractivity contribution in [1.29, 1.82) is 0 Å². The van der Waals surface area contributed by atoms with Gasteiger partial charge in [-0.25, -0.2) is 9.97 Å². The molecule has 1 saturated heterocycles. The van der Waals surface area contributed by atoms with Crippen LogP contribution in [0.25, 0.3) is 5.65 Å². The van der Waals surface area contributed by atoms with Crippen molar-refractivity contribution in [2.24, 2.45) is 0 Å². The van der Waals surface area contributed by atoms with E-state index in [1.807, 2.05) is 31.0 Å². The number of aromatic nitrogens is 3. The van der Waals surface area contributed by atoms with Gasteiger partial charge < -0.3 is 14.0 Å². The van der Waals surface area contributed by atoms with Crippen LogP contribution in [0.4, 0.5) is 0 Å². The third-order valence-corrected chi connectivity index (χ3v) is 5.89. The number of carbonyl (C=O) groups excluding carboxylic acids is 1. The highest BCUT2D eigenvalue weighted by atomic mass is 35.5. The summed E-state index contributed by atoms with van der Waals surface area (Å²) in [5.74, 6) is 0.260. The molecular formula is C23H27ClN4O2. The average molecular weight is 427 g/mol. The number of nitrogens with zero attached hydrogens (tertiary/aromatic N) is 4. The number of aryl methyl sites for hydroxylation is 2. The van der Waals surface area contributed by atoms with Gasteiger partial charge in [-0.2, -0.15) is 0 Å². The minimum Gasteiger partial charge on any atom is -0.490 e. The van der Waals surface area contributed by atoms with Gasteiger partial charge in [0.2, 0.25) is 0 Å². The lowest BCUT2D eigenvalue weighted by Crippen LogP contribution is -2.45. The van der Waals surface area contributed by atoms with E-state index in [1.165, 1.54) is 0 Å². The number of hydrogen-bond donors (Lipinski definition) is 0. The molecule has 4 heterocycles. The summed E-state index contributed by atoms with van der Waals surface area (Å²) >= 11 is 6.37. The van der Waals surface area contributed by atoms with Crippen LogP contribution in [0.2, 0.25) is 5.02 Å². The molecule has 0 aliphatic carbocycles. The van der Waals surface area contributed by atoms with Crippen molar-refractivity contribution in [3.05, 3.63) is 58.3 Å². The number of halogens is 1. The summed E-state index contributed by atoms with van der Waals surface area (Å²) in [6, 6.07) is 5.89. The van der Waals surface area contributed by atoms with E-state index >= 15 is 0 Å². The number of imidazole rings is 1. The van der Waals surface area contributed by atoms with Gasteiger partial charge in [0.05, 0.1) is 17.3 Å². The Balaban J connectivity index is 1.63. The second-order valence-corrected chi connectivity index (χ2v) is 8.27. The second kappa shape index (κ2) is 8.64. The maximum Gasteiger partial charge on any atom is 0.276 e. The number of ether oxygens (including phenoxy) is 1. The Morgan fingerprint density at radius 1 is 1.30 bits per heavy atom. The third-order valence-electron chi connectivity index (χ3n) is 5.61. The molecule has 6 nitrogen and oxygen atoms in total. The molecule has 1 aliphatic rings. The van der Waals surface area contributed by atoms with Crippen LogP contribution < -0.4 is 4.74 Å². The smallest absolute Gasteiger partial charge is 0.276 e. The second-order valence-electron chi connectivity index (χ2n) is 7.86. The molecule has 7 heteroatoms. The summed E-state index contributed by atoms with van der Waals surface area (Å²) in [6.07, 6.45) is 7.82. The Kier molecular flexibility index (Phi) is 5.95. The van der Waals surface area contributed by atoms with E-state index in [0.29, 0.717) is 35.3 Å². The van der Waals surface area contributed by atoms with E-state index in [0.717, 1.165) is 42.6 Å². The molecule has 4 rings (SSSR count). The van der Waals surface area contributed by atoms with Crippen LogP contribution in [0.5, 0.6) is 5.75 Å². The van der Waals surface area contributed by atoms with Crippen LogP contribution in [0, 0.1) is 13.8 Å². The Hall–Kier alpha value is -2.60. The summed E-state index contributed by atoms with van der Waals surface area (Å²) in [7, 11) is 0. The highest BCUT2D eigenvalue weighted by Crippen LogP contribution is 2.31. The lowest BCUT2D eigenvalue weighted by atomic mass is 9.97. The van der Waals surface area contributed by atoms with Crippen LogP contribution in [-0.2, 0) is 6.42 Å². The Morgan fingerprint density at radius 3 is 2.90 bits per heavy atom. The maximum atomic E-state index is 13.5. The number of fused-ring (bicyclic) bond motifs is 1. The van der Waals surface area contributed by atoms with Crippen LogP contribution in [0.1, 0.15) is 53.6 Å². The van der Waals surface area contributed by atoms with Crippen molar-refractivity contribution in [2.45, 2.75) is 52.5 Å². The molecule has 0 radical (unpaired) electrons. The van der Waals surface area contributed by atoms with Crippen molar-refractivity contribution in [3.8, 4) is 5.75 Å². The molecule has 1 atom stereocenters. The standard InChI is InChI=1S/C23H27ClN4O2/c1-4-30-21-19(24)12-16(3)25-20(21)23(29)28-11-6-5-9-18(28)13-17-14-27-10-7-8-15(2)22(27)26-17/h7-8,10,12,14,18H,4-6,9,11,13H2,1-3H3. The lowest BCUT2D eigenvalue weighted by Gasteiger charge is -2.35. The van der Waals surface area contributed by atoms with Gasteiger partial charge in [0.15, 0.2) is 11.4 Å². The number of pyridine rings is 2. The first-order valence-electron chi connectivity index (χ1n) is 10.5. The molecule has 158 valence electrons. The van der Waals surface area contributed by atoms with E-state index < -0.39 is 0 Å². The zero-order valence-electron chi connectivity index (χ0n) is 17.7. The predicted octanol–water partition coefficient (Wildman–Crippen LogP) is 4.64. The highest BCUT2D eigenvalue weighted by molar-refractivity contribution is 6.32. The van der Waals surface area contributed by atoms with Crippen LogP contribution in [0.15, 0.2) is 30.6 Å². The van der Waals surface area contributed by atoms with Gasteiger partial charge >= 0.3 is 0 Å². The van der Waals surface area contributed by atoms with E-state index in [-0.39, 0.29) is 11.9 Å². The Bertz CT molecular complexity index is 1080. The molecule has 1 fully saturated rings. The summed E-state index contributed by atoms with van der Waals surface area (Å²) in [4.78, 5) is 24.8. The molecule has 3 aromatic rings. The molecular weight excluding hydrogens is 400 g/mol. The van der Waals surface area contributed by atoms with Crippen molar-refractivity contribution in [3.63, 3.8) is 0 Å². The first kappa shape index (κ1) is 20.7. The van der Waals surface area contributed by atoms with E-state index in [2.05, 4.69) is 28.6 Å². The van der Waals surface area contributed by atoms with Gasteiger partial charge in [0.1, 0.15) is 5.65 Å². The number of piperidine rings is 1. The van der Waals surface area contributed by atoms with Crippen molar-refractivity contribution < 1.29 is 9.53 Å². The summed E-state index contributed by atoms with van der Waals surface area (Å²) in [5, 5.41) is 0.428. The zero-order valence-corrected chi connectivity index (χ0v) is 18.4. The van der Waals surface area contributed by atoms with Crippen molar-refractivity contribution in [2.75, 3.05) is 13.2 Å². The SMILES string of the molecule is CCOc1c(Cl)cc(C)nc1C(=O)N1CCCCC1Cc1cn2cccc(C)c2n1. The normalized spacial score (nSPS) is 16.8. The monoisotopic (exact) mass is 426 g/mol. The topological polar surface area (TPSA) is 59.7 Å². The molecule has 0 N–H and O–H groups in total. The first-order valence-corrected chi connectivity index (χ1v) is 10.9. The molecule has 3 aromatic heterocycles. The van der Waals surface area contributed by atoms with Gasteiger partial charge in [0.25, 0.3) is 5.91 Å². The minimum absolute atomic E-state index is 0.0760. The molecule has 0 spiro atoms. The van der Waals surface area contributed by atoms with Gasteiger partial charge in [-0.1, -0.05) is 17.7 Å². The van der Waals surface area contributed by atoms with Crippen LogP contribution in [0.3, 0.4) is 0 Å². The summed E-state index contributed by atoms with van der Waals surface area (Å²) in [6.45, 7) is 6.90. The van der Waals surface area contributed by atoms with E-state index in [1.54, 1.807) is 6.07 Å². The number of rotatable bonds is 5. The summed E-state index contributed by atoms with van der Waals surface area (Å²) < 4.78 is 7.73. The molecule has 30 heavy (non-hydrogen) atoms. The molecule has 0 bridgehead atoms. The third kappa shape index (κ3) is 4.01. The lowest BCUT2D eigenvalue weighted by molar-refractivity contribution is 0.0601. The fourth-order valence-electron chi connectivity index (χ4n) is 4.21. The van der Waals surface area contributed by atoms with E-state index in [9.17, 15) is 4.79 Å². The highest BCUT2D eigenvalue weighted by Gasteiger charge is 2.31. The minimum atomic E-state index is -0.117. The van der Waals surface area contributed by atoms with Crippen LogP contribution in [-0.4, -0.2) is 44.4 Å². The Morgan fingerprint density at radius 2 is 2.13 bits per heavy atom.